The summed E-state index contributed by atoms with van der Waals surface area (Å²) in [6.45, 7) is 1.57. The third-order valence-electron chi connectivity index (χ3n) is 3.65. The maximum Gasteiger partial charge on any atom is 0.416 e. The third-order valence-corrected chi connectivity index (χ3v) is 3.65. The Kier molecular flexibility index (Phi) is 6.35. The fourth-order valence-electron chi connectivity index (χ4n) is 2.07. The van der Waals surface area contributed by atoms with Crippen LogP contribution in [0.1, 0.15) is 30.4 Å². The number of hydrogen-bond donors (Lipinski definition) is 2. The first-order valence-electron chi connectivity index (χ1n) is 7.97. The van der Waals surface area contributed by atoms with Gasteiger partial charge in [-0.05, 0) is 49.6 Å². The molecule has 0 radical (unpaired) electrons. The predicted octanol–water partition coefficient (Wildman–Crippen LogP) is 3.37. The van der Waals surface area contributed by atoms with Gasteiger partial charge in [-0.3, -0.25) is 0 Å². The van der Waals surface area contributed by atoms with Crippen LogP contribution < -0.4 is 10.5 Å². The van der Waals surface area contributed by atoms with Crippen LogP contribution in [-0.2, 0) is 12.6 Å². The van der Waals surface area contributed by atoms with Crippen LogP contribution in [0.25, 0.3) is 0 Å². The molecule has 0 amide bonds. The fourth-order valence-corrected chi connectivity index (χ4v) is 2.07. The van der Waals surface area contributed by atoms with Gasteiger partial charge in [-0.2, -0.15) is 13.2 Å². The Hall–Kier alpha value is -2.43. The van der Waals surface area contributed by atoms with Crippen LogP contribution in [0.5, 0.6) is 5.75 Å². The lowest BCUT2D eigenvalue weighted by atomic mass is 9.98. The van der Waals surface area contributed by atoms with Crippen LogP contribution in [0.2, 0.25) is 0 Å². The Labute approximate surface area is 149 Å². The third kappa shape index (κ3) is 6.14. The van der Waals surface area contributed by atoms with E-state index in [1.165, 1.54) is 12.1 Å². The molecule has 4 nitrogen and oxygen atoms in total. The standard InChI is InChI=1S/C19H20F3NO3/c1-18(23,13-24)10-9-16-8-7-15(26-16)6-3-11-25-17-5-2-4-14(12-17)19(20,21)22/h2,4-5,7-8,12,24H,9-11,13,23H2,1H3/t18-/m1/s1. The Balaban J connectivity index is 1.87. The number of furan rings is 1. The molecule has 0 saturated carbocycles. The zero-order chi connectivity index (χ0) is 19.2. The molecule has 0 fully saturated rings. The lowest BCUT2D eigenvalue weighted by Gasteiger charge is -2.20. The second-order valence-corrected chi connectivity index (χ2v) is 6.19. The largest absolute Gasteiger partial charge is 0.481 e. The predicted molar refractivity (Wildman–Crippen MR) is 90.5 cm³/mol. The maximum atomic E-state index is 12.6. The van der Waals surface area contributed by atoms with Crippen molar-refractivity contribution in [2.24, 2.45) is 5.73 Å². The molecule has 0 aliphatic rings. The highest BCUT2D eigenvalue weighted by Crippen LogP contribution is 2.31. The molecule has 1 aromatic carbocycles. The lowest BCUT2D eigenvalue weighted by Crippen LogP contribution is -2.40. The first kappa shape index (κ1) is 19.9. The minimum atomic E-state index is -4.41. The van der Waals surface area contributed by atoms with Gasteiger partial charge in [-0.15, -0.1) is 0 Å². The second kappa shape index (κ2) is 8.30. The summed E-state index contributed by atoms with van der Waals surface area (Å²) in [6.07, 6.45) is -3.29. The summed E-state index contributed by atoms with van der Waals surface area (Å²) in [7, 11) is 0. The van der Waals surface area contributed by atoms with E-state index in [1.54, 1.807) is 19.1 Å². The van der Waals surface area contributed by atoms with E-state index in [0.29, 0.717) is 24.4 Å². The number of aliphatic hydroxyl groups excluding tert-OH is 1. The summed E-state index contributed by atoms with van der Waals surface area (Å²) in [6, 6.07) is 8.09. The first-order chi connectivity index (χ1) is 12.2. The van der Waals surface area contributed by atoms with Crippen molar-refractivity contribution >= 4 is 0 Å². The van der Waals surface area contributed by atoms with Gasteiger partial charge < -0.3 is 20.0 Å². The topological polar surface area (TPSA) is 68.6 Å². The molecule has 1 heterocycles. The molecule has 1 aromatic heterocycles. The first-order valence-corrected chi connectivity index (χ1v) is 7.97. The van der Waals surface area contributed by atoms with Crippen molar-refractivity contribution in [1.82, 2.24) is 0 Å². The van der Waals surface area contributed by atoms with Crippen LogP contribution in [0.15, 0.2) is 40.8 Å². The summed E-state index contributed by atoms with van der Waals surface area (Å²) < 4.78 is 48.6. The molecular formula is C19H20F3NO3. The number of halogens is 3. The van der Waals surface area contributed by atoms with Gasteiger partial charge in [0.25, 0.3) is 0 Å². The van der Waals surface area contributed by atoms with Gasteiger partial charge in [-0.1, -0.05) is 12.0 Å². The number of hydrogen-bond acceptors (Lipinski definition) is 4. The van der Waals surface area contributed by atoms with Crippen LogP contribution in [0.3, 0.4) is 0 Å². The van der Waals surface area contributed by atoms with E-state index in [2.05, 4.69) is 11.8 Å². The average Bonchev–Trinajstić information content (AvgIpc) is 3.05. The minimum Gasteiger partial charge on any atom is -0.481 e. The quantitative estimate of drug-likeness (QED) is 0.768. The molecular weight excluding hydrogens is 347 g/mol. The summed E-state index contributed by atoms with van der Waals surface area (Å²) in [5.41, 5.74) is 4.42. The van der Waals surface area contributed by atoms with Gasteiger partial charge in [-0.25, -0.2) is 0 Å². The molecule has 1 atom stereocenters. The van der Waals surface area contributed by atoms with Gasteiger partial charge in [0.1, 0.15) is 18.1 Å². The molecule has 7 heteroatoms. The Morgan fingerprint density at radius 1 is 1.23 bits per heavy atom. The molecule has 2 rings (SSSR count). The van der Waals surface area contributed by atoms with Gasteiger partial charge in [0.05, 0.1) is 12.2 Å². The molecule has 0 bridgehead atoms. The molecule has 3 N–H and O–H groups in total. The highest BCUT2D eigenvalue weighted by Gasteiger charge is 2.30. The molecule has 140 valence electrons. The van der Waals surface area contributed by atoms with Crippen molar-refractivity contribution in [2.45, 2.75) is 31.5 Å². The number of nitrogens with two attached hydrogens (primary N) is 1. The zero-order valence-corrected chi connectivity index (χ0v) is 14.3. The highest BCUT2D eigenvalue weighted by molar-refractivity contribution is 5.31. The fraction of sp³-hybridized carbons (Fsp3) is 0.368. The summed E-state index contributed by atoms with van der Waals surface area (Å²) in [4.78, 5) is 0. The Morgan fingerprint density at radius 2 is 2.00 bits per heavy atom. The molecule has 2 aromatic rings. The monoisotopic (exact) mass is 367 g/mol. The van der Waals surface area contributed by atoms with Crippen LogP contribution in [0, 0.1) is 11.8 Å². The minimum absolute atomic E-state index is 0.0667. The number of alkyl halides is 3. The second-order valence-electron chi connectivity index (χ2n) is 6.19. The van der Waals surface area contributed by atoms with E-state index in [4.69, 9.17) is 20.0 Å². The van der Waals surface area contributed by atoms with E-state index in [1.807, 2.05) is 0 Å². The highest BCUT2D eigenvalue weighted by atomic mass is 19.4. The van der Waals surface area contributed by atoms with Crippen molar-refractivity contribution in [3.05, 3.63) is 53.5 Å². The maximum absolute atomic E-state index is 12.6. The Bertz CT molecular complexity index is 785. The average molecular weight is 367 g/mol. The van der Waals surface area contributed by atoms with Gasteiger partial charge in [0.2, 0.25) is 0 Å². The number of benzene rings is 1. The molecule has 0 aliphatic carbocycles. The van der Waals surface area contributed by atoms with E-state index < -0.39 is 17.3 Å². The lowest BCUT2D eigenvalue weighted by molar-refractivity contribution is -0.137. The van der Waals surface area contributed by atoms with E-state index in [9.17, 15) is 13.2 Å². The van der Waals surface area contributed by atoms with Crippen LogP contribution in [0.4, 0.5) is 13.2 Å². The van der Waals surface area contributed by atoms with Gasteiger partial charge in [0, 0.05) is 12.0 Å². The summed E-state index contributed by atoms with van der Waals surface area (Å²) in [5, 5.41) is 9.12. The van der Waals surface area contributed by atoms with E-state index >= 15 is 0 Å². The molecule has 0 aliphatic heterocycles. The SMILES string of the molecule is C[C@](N)(CO)CCc1ccc(C#CCOc2cccc(C(F)(F)F)c2)o1. The molecule has 0 saturated heterocycles. The zero-order valence-electron chi connectivity index (χ0n) is 14.3. The molecule has 26 heavy (non-hydrogen) atoms. The van der Waals surface area contributed by atoms with Crippen LogP contribution in [-0.4, -0.2) is 23.9 Å². The normalized spacial score (nSPS) is 13.6. The smallest absolute Gasteiger partial charge is 0.416 e. The number of aryl methyl sites for hydroxylation is 1. The summed E-state index contributed by atoms with van der Waals surface area (Å²) >= 11 is 0. The van der Waals surface area contributed by atoms with Crippen molar-refractivity contribution in [3.8, 4) is 17.6 Å². The number of rotatable bonds is 6. The molecule has 0 unspecified atom stereocenters. The molecule has 0 spiro atoms. The summed E-state index contributed by atoms with van der Waals surface area (Å²) in [5.74, 6) is 6.66. The Morgan fingerprint density at radius 3 is 2.69 bits per heavy atom. The van der Waals surface area contributed by atoms with Crippen molar-refractivity contribution in [3.63, 3.8) is 0 Å². The van der Waals surface area contributed by atoms with Gasteiger partial charge in [0.15, 0.2) is 5.76 Å². The van der Waals surface area contributed by atoms with Gasteiger partial charge >= 0.3 is 6.18 Å². The van der Waals surface area contributed by atoms with E-state index in [0.717, 1.165) is 12.1 Å². The number of ether oxygens (including phenoxy) is 1. The van der Waals surface area contributed by atoms with E-state index in [-0.39, 0.29) is 19.0 Å². The number of aliphatic hydroxyl groups is 1. The van der Waals surface area contributed by atoms with Crippen molar-refractivity contribution in [2.75, 3.05) is 13.2 Å². The van der Waals surface area contributed by atoms with Crippen LogP contribution >= 0.6 is 0 Å². The van der Waals surface area contributed by atoms with Crippen molar-refractivity contribution < 1.29 is 27.4 Å². The van der Waals surface area contributed by atoms with Crippen molar-refractivity contribution in [1.29, 1.82) is 0 Å².